The van der Waals surface area contributed by atoms with Gasteiger partial charge in [0, 0.05) is 12.0 Å². The van der Waals surface area contributed by atoms with Gasteiger partial charge in [-0.25, -0.2) is 0 Å². The number of carbonyl (C=O) groups is 1. The second kappa shape index (κ2) is 4.93. The molecule has 0 aliphatic carbocycles. The highest BCUT2D eigenvalue weighted by Crippen LogP contribution is 2.10. The van der Waals surface area contributed by atoms with Crippen molar-refractivity contribution >= 4 is 5.78 Å². The minimum atomic E-state index is -0.270. The van der Waals surface area contributed by atoms with Crippen LogP contribution in [0.1, 0.15) is 29.3 Å². The van der Waals surface area contributed by atoms with Crippen LogP contribution in [-0.2, 0) is 0 Å². The van der Waals surface area contributed by atoms with Crippen molar-refractivity contribution in [3.63, 3.8) is 0 Å². The van der Waals surface area contributed by atoms with Crippen LogP contribution in [0.5, 0.6) is 0 Å². The predicted molar refractivity (Wildman–Crippen MR) is 54.9 cm³/mol. The molecule has 0 aliphatic heterocycles. The van der Waals surface area contributed by atoms with Gasteiger partial charge in [0.15, 0.2) is 5.78 Å². The maximum absolute atomic E-state index is 11.6. The van der Waals surface area contributed by atoms with Gasteiger partial charge in [0.2, 0.25) is 0 Å². The van der Waals surface area contributed by atoms with E-state index in [0.29, 0.717) is 11.1 Å². The minimum absolute atomic E-state index is 0.0615. The quantitative estimate of drug-likeness (QED) is 0.700. The van der Waals surface area contributed by atoms with Gasteiger partial charge in [-0.15, -0.1) is 0 Å². The third-order valence-electron chi connectivity index (χ3n) is 2.05. The lowest BCUT2D eigenvalue weighted by Crippen LogP contribution is -2.04. The molecule has 0 amide bonds. The van der Waals surface area contributed by atoms with Gasteiger partial charge in [-0.05, 0) is 19.1 Å². The summed E-state index contributed by atoms with van der Waals surface area (Å²) in [6, 6.07) is 10.4. The lowest BCUT2D eigenvalue weighted by atomic mass is 10.0. The van der Waals surface area contributed by atoms with Crippen LogP contribution >= 0.6 is 0 Å². The molecule has 0 heterocycles. The molecule has 1 aromatic carbocycles. The lowest BCUT2D eigenvalue weighted by molar-refractivity contribution is 0.0973. The molecule has 0 radical (unpaired) electrons. The number of hydrogen-bond donors (Lipinski definition) is 0. The Kier molecular flexibility index (Phi) is 3.60. The molecular formula is C12H10N2O. The fourth-order valence-electron chi connectivity index (χ4n) is 1.17. The van der Waals surface area contributed by atoms with E-state index >= 15 is 0 Å². The molecule has 74 valence electrons. The highest BCUT2D eigenvalue weighted by atomic mass is 16.1. The van der Waals surface area contributed by atoms with E-state index in [2.05, 4.69) is 0 Å². The van der Waals surface area contributed by atoms with Gasteiger partial charge in [0.05, 0.1) is 23.6 Å². The van der Waals surface area contributed by atoms with Crippen molar-refractivity contribution in [2.75, 3.05) is 0 Å². The van der Waals surface area contributed by atoms with Gasteiger partial charge in [-0.1, -0.05) is 12.1 Å². The summed E-state index contributed by atoms with van der Waals surface area (Å²) < 4.78 is 0. The van der Waals surface area contributed by atoms with Gasteiger partial charge in [-0.2, -0.15) is 10.5 Å². The second-order valence-electron chi connectivity index (χ2n) is 3.35. The van der Waals surface area contributed by atoms with Crippen LogP contribution in [0.4, 0.5) is 0 Å². The van der Waals surface area contributed by atoms with E-state index in [4.69, 9.17) is 10.5 Å². The molecule has 0 N–H and O–H groups in total. The fraction of sp³-hybridized carbons (Fsp3) is 0.250. The van der Waals surface area contributed by atoms with Gasteiger partial charge in [-0.3, -0.25) is 4.79 Å². The van der Waals surface area contributed by atoms with E-state index in [1.165, 1.54) is 0 Å². The number of hydrogen-bond acceptors (Lipinski definition) is 3. The number of ketones is 1. The summed E-state index contributed by atoms with van der Waals surface area (Å²) in [6.45, 7) is 1.71. The molecule has 15 heavy (non-hydrogen) atoms. The van der Waals surface area contributed by atoms with Gasteiger partial charge in [0.1, 0.15) is 0 Å². The van der Waals surface area contributed by atoms with E-state index in [9.17, 15) is 4.79 Å². The van der Waals surface area contributed by atoms with Gasteiger partial charge >= 0.3 is 0 Å². The zero-order chi connectivity index (χ0) is 11.3. The highest BCUT2D eigenvalue weighted by molar-refractivity contribution is 5.96. The maximum Gasteiger partial charge on any atom is 0.164 e. The normalized spacial score (nSPS) is 11.1. The molecule has 0 saturated heterocycles. The smallest absolute Gasteiger partial charge is 0.164 e. The fourth-order valence-corrected chi connectivity index (χ4v) is 1.17. The Morgan fingerprint density at radius 2 is 1.93 bits per heavy atom. The van der Waals surface area contributed by atoms with E-state index in [1.54, 1.807) is 31.2 Å². The Labute approximate surface area is 88.6 Å². The number of nitriles is 2. The van der Waals surface area contributed by atoms with Crippen LogP contribution in [0, 0.1) is 28.6 Å². The molecule has 3 nitrogen and oxygen atoms in total. The number of nitrogens with zero attached hydrogens (tertiary/aromatic N) is 2. The number of rotatable bonds is 3. The molecule has 1 aromatic rings. The second-order valence-corrected chi connectivity index (χ2v) is 3.35. The van der Waals surface area contributed by atoms with Crippen LogP contribution in [0.25, 0.3) is 0 Å². The van der Waals surface area contributed by atoms with Crippen molar-refractivity contribution in [1.29, 1.82) is 10.5 Å². The van der Waals surface area contributed by atoms with Crippen LogP contribution in [0.3, 0.4) is 0 Å². The Morgan fingerprint density at radius 3 is 2.40 bits per heavy atom. The highest BCUT2D eigenvalue weighted by Gasteiger charge is 2.10. The monoisotopic (exact) mass is 198 g/mol. The molecule has 0 saturated carbocycles. The van der Waals surface area contributed by atoms with E-state index in [1.807, 2.05) is 12.1 Å². The number of Topliss-reactive ketones (excluding diaryl/α,β-unsaturated/α-hetero) is 1. The molecule has 0 aliphatic rings. The van der Waals surface area contributed by atoms with Crippen molar-refractivity contribution in [1.82, 2.24) is 0 Å². The van der Waals surface area contributed by atoms with Crippen LogP contribution in [-0.4, -0.2) is 5.78 Å². The third-order valence-corrected chi connectivity index (χ3v) is 2.05. The standard InChI is InChI=1S/C12H10N2O/c1-9(7-13)6-12(15)11-4-2-10(8-14)3-5-11/h2-5,9H,6H2,1H3. The average molecular weight is 198 g/mol. The van der Waals surface area contributed by atoms with E-state index in [0.717, 1.165) is 0 Å². The Hall–Kier alpha value is -2.13. The van der Waals surface area contributed by atoms with Crippen molar-refractivity contribution in [2.24, 2.45) is 5.92 Å². The van der Waals surface area contributed by atoms with Gasteiger partial charge < -0.3 is 0 Å². The van der Waals surface area contributed by atoms with Crippen LogP contribution < -0.4 is 0 Å². The van der Waals surface area contributed by atoms with Crippen molar-refractivity contribution in [2.45, 2.75) is 13.3 Å². The first-order chi connectivity index (χ1) is 7.17. The molecular weight excluding hydrogens is 188 g/mol. The Balaban J connectivity index is 2.76. The van der Waals surface area contributed by atoms with Crippen LogP contribution in [0.15, 0.2) is 24.3 Å². The summed E-state index contributed by atoms with van der Waals surface area (Å²) in [5.41, 5.74) is 1.08. The molecule has 1 unspecified atom stereocenters. The van der Waals surface area contributed by atoms with Crippen LogP contribution in [0.2, 0.25) is 0 Å². The summed E-state index contributed by atoms with van der Waals surface area (Å²) in [5, 5.41) is 17.1. The molecule has 0 fully saturated rings. The van der Waals surface area contributed by atoms with Gasteiger partial charge in [0.25, 0.3) is 0 Å². The maximum atomic E-state index is 11.6. The Morgan fingerprint density at radius 1 is 1.33 bits per heavy atom. The Bertz CT molecular complexity index is 434. The minimum Gasteiger partial charge on any atom is -0.294 e. The summed E-state index contributed by atoms with van der Waals surface area (Å²) in [6.07, 6.45) is 0.225. The summed E-state index contributed by atoms with van der Waals surface area (Å²) in [7, 11) is 0. The molecule has 0 aromatic heterocycles. The first-order valence-electron chi connectivity index (χ1n) is 4.60. The SMILES string of the molecule is CC(C#N)CC(=O)c1ccc(C#N)cc1. The zero-order valence-corrected chi connectivity index (χ0v) is 8.40. The molecule has 1 atom stereocenters. The lowest BCUT2D eigenvalue weighted by Gasteiger charge is -2.01. The van der Waals surface area contributed by atoms with Crippen molar-refractivity contribution in [3.8, 4) is 12.1 Å². The summed E-state index contributed by atoms with van der Waals surface area (Å²) >= 11 is 0. The van der Waals surface area contributed by atoms with Crippen molar-refractivity contribution in [3.05, 3.63) is 35.4 Å². The first kappa shape index (κ1) is 10.9. The average Bonchev–Trinajstić information content (AvgIpc) is 2.29. The third kappa shape index (κ3) is 2.93. The van der Waals surface area contributed by atoms with Crippen molar-refractivity contribution < 1.29 is 4.79 Å². The first-order valence-corrected chi connectivity index (χ1v) is 4.60. The summed E-state index contributed by atoms with van der Waals surface area (Å²) in [5.74, 6) is -0.332. The zero-order valence-electron chi connectivity index (χ0n) is 8.40. The predicted octanol–water partition coefficient (Wildman–Crippen LogP) is 2.29. The number of carbonyl (C=O) groups excluding carboxylic acids is 1. The molecule has 1 rings (SSSR count). The number of benzene rings is 1. The van der Waals surface area contributed by atoms with E-state index in [-0.39, 0.29) is 18.1 Å². The molecule has 0 spiro atoms. The summed E-state index contributed by atoms with van der Waals surface area (Å²) in [4.78, 5) is 11.6. The largest absolute Gasteiger partial charge is 0.294 e. The molecule has 3 heteroatoms. The topological polar surface area (TPSA) is 64.7 Å². The van der Waals surface area contributed by atoms with E-state index < -0.39 is 0 Å². The molecule has 0 bridgehead atoms.